The number of anilines is 1. The predicted octanol–water partition coefficient (Wildman–Crippen LogP) is 4.96. The Hall–Kier alpha value is -2.72. The summed E-state index contributed by atoms with van der Waals surface area (Å²) in [5, 5.41) is 3.26. The Morgan fingerprint density at radius 2 is 1.85 bits per heavy atom. The number of rotatable bonds is 9. The lowest BCUT2D eigenvalue weighted by Gasteiger charge is -2.20. The smallest absolute Gasteiger partial charge is 0.328 e. The first kappa shape index (κ1) is 20.6. The third-order valence-electron chi connectivity index (χ3n) is 3.87. The van der Waals surface area contributed by atoms with Gasteiger partial charge in [-0.05, 0) is 36.8 Å². The zero-order valence-electron chi connectivity index (χ0n) is 15.5. The van der Waals surface area contributed by atoms with Crippen molar-refractivity contribution in [3.05, 3.63) is 84.1 Å². The van der Waals surface area contributed by atoms with E-state index in [0.717, 1.165) is 5.56 Å². The molecule has 0 heterocycles. The van der Waals surface area contributed by atoms with Crippen molar-refractivity contribution < 1.29 is 14.3 Å². The molecule has 0 bridgehead atoms. The number of ether oxygens (including phenoxy) is 2. The molecule has 0 saturated heterocycles. The molecule has 0 aromatic heterocycles. The lowest BCUT2D eigenvalue weighted by Crippen LogP contribution is -2.33. The van der Waals surface area contributed by atoms with E-state index in [1.807, 2.05) is 73.7 Å². The molecular formula is C22H24ClNO3. The molecule has 2 rings (SSSR count). The molecule has 142 valence electrons. The number of benzene rings is 2. The summed E-state index contributed by atoms with van der Waals surface area (Å²) in [5.41, 5.74) is 1.75. The van der Waals surface area contributed by atoms with Gasteiger partial charge in [-0.1, -0.05) is 48.5 Å². The highest BCUT2D eigenvalue weighted by Gasteiger charge is 2.21. The van der Waals surface area contributed by atoms with E-state index in [1.54, 1.807) is 6.08 Å². The van der Waals surface area contributed by atoms with Crippen LogP contribution in [0, 0.1) is 0 Å². The largest absolute Gasteiger partial charge is 0.467 e. The highest BCUT2D eigenvalue weighted by molar-refractivity contribution is 6.18. The summed E-state index contributed by atoms with van der Waals surface area (Å²) in [7, 11) is 1.39. The van der Waals surface area contributed by atoms with Crippen molar-refractivity contribution in [1.29, 1.82) is 0 Å². The number of hydrogen-bond donors (Lipinski definition) is 1. The van der Waals surface area contributed by atoms with Crippen LogP contribution in [0.25, 0.3) is 0 Å². The van der Waals surface area contributed by atoms with Crippen molar-refractivity contribution in [2.45, 2.75) is 19.4 Å². The average Bonchev–Trinajstić information content (AvgIpc) is 2.71. The lowest BCUT2D eigenvalue weighted by molar-refractivity contribution is -0.141. The van der Waals surface area contributed by atoms with Gasteiger partial charge in [0.2, 0.25) is 0 Å². The highest BCUT2D eigenvalue weighted by Crippen LogP contribution is 2.27. The fraction of sp³-hybridized carbons (Fsp3) is 0.227. The summed E-state index contributed by atoms with van der Waals surface area (Å²) < 4.78 is 10.9. The van der Waals surface area contributed by atoms with E-state index < -0.39 is 6.04 Å². The van der Waals surface area contributed by atoms with Gasteiger partial charge in [0, 0.05) is 12.3 Å². The van der Waals surface area contributed by atoms with Crippen LogP contribution in [0.3, 0.4) is 0 Å². The molecule has 0 aliphatic rings. The minimum Gasteiger partial charge on any atom is -0.467 e. The van der Waals surface area contributed by atoms with Crippen molar-refractivity contribution in [2.75, 3.05) is 18.3 Å². The van der Waals surface area contributed by atoms with Crippen molar-refractivity contribution in [2.24, 2.45) is 0 Å². The summed E-state index contributed by atoms with van der Waals surface area (Å²) in [4.78, 5) is 12.3. The van der Waals surface area contributed by atoms with E-state index in [-0.39, 0.29) is 5.97 Å². The molecule has 1 N–H and O–H groups in total. The fourth-order valence-corrected chi connectivity index (χ4v) is 2.61. The summed E-state index contributed by atoms with van der Waals surface area (Å²) in [6.07, 6.45) is 5.97. The molecule has 4 nitrogen and oxygen atoms in total. The lowest BCUT2D eigenvalue weighted by atomic mass is 10.1. The molecule has 1 atom stereocenters. The van der Waals surface area contributed by atoms with Gasteiger partial charge < -0.3 is 14.8 Å². The number of carbonyl (C=O) groups is 1. The van der Waals surface area contributed by atoms with Gasteiger partial charge in [0.25, 0.3) is 0 Å². The molecule has 0 saturated carbocycles. The molecule has 0 unspecified atom stereocenters. The normalized spacial score (nSPS) is 12.6. The summed E-state index contributed by atoms with van der Waals surface area (Å²) in [6, 6.07) is 16.7. The van der Waals surface area contributed by atoms with Crippen LogP contribution in [0.15, 0.2) is 78.6 Å². The first-order chi connectivity index (χ1) is 13.2. The summed E-state index contributed by atoms with van der Waals surface area (Å²) in [5.74, 6) is 1.36. The number of halogens is 1. The van der Waals surface area contributed by atoms with Crippen molar-refractivity contribution in [3.63, 3.8) is 0 Å². The number of methoxy groups -OCH3 is 1. The fourth-order valence-electron chi connectivity index (χ4n) is 2.52. The van der Waals surface area contributed by atoms with Gasteiger partial charge in [-0.2, -0.15) is 0 Å². The average molecular weight is 386 g/mol. The zero-order valence-corrected chi connectivity index (χ0v) is 16.3. The van der Waals surface area contributed by atoms with Crippen LogP contribution >= 0.6 is 11.6 Å². The Morgan fingerprint density at radius 1 is 1.15 bits per heavy atom. The van der Waals surface area contributed by atoms with Crippen molar-refractivity contribution in [1.82, 2.24) is 0 Å². The summed E-state index contributed by atoms with van der Waals surface area (Å²) >= 11 is 5.70. The first-order valence-electron chi connectivity index (χ1n) is 8.72. The van der Waals surface area contributed by atoms with Gasteiger partial charge in [0.15, 0.2) is 5.75 Å². The van der Waals surface area contributed by atoms with E-state index in [4.69, 9.17) is 21.1 Å². The monoisotopic (exact) mass is 385 g/mol. The number of hydrogen-bond acceptors (Lipinski definition) is 4. The predicted molar refractivity (Wildman–Crippen MR) is 110 cm³/mol. The van der Waals surface area contributed by atoms with Crippen molar-refractivity contribution >= 4 is 23.3 Å². The maximum Gasteiger partial charge on any atom is 0.328 e. The van der Waals surface area contributed by atoms with E-state index in [2.05, 4.69) is 5.32 Å². The van der Waals surface area contributed by atoms with Crippen LogP contribution in [0.2, 0.25) is 0 Å². The second kappa shape index (κ2) is 11.1. The molecule has 27 heavy (non-hydrogen) atoms. The van der Waals surface area contributed by atoms with Crippen LogP contribution in [-0.2, 0) is 16.0 Å². The van der Waals surface area contributed by atoms with Crippen molar-refractivity contribution in [3.8, 4) is 5.75 Å². The SMILES string of the molecule is C/C=C(\C=C/CCl)Oc1ccccc1N[C@@H](Cc1ccccc1)C(=O)OC. The quantitative estimate of drug-likeness (QED) is 0.287. The minimum atomic E-state index is -0.533. The van der Waals surface area contributed by atoms with Gasteiger partial charge in [0.1, 0.15) is 11.8 Å². The molecule has 0 fully saturated rings. The number of esters is 1. The number of nitrogens with one attached hydrogen (secondary N) is 1. The minimum absolute atomic E-state index is 0.332. The number of alkyl halides is 1. The van der Waals surface area contributed by atoms with Crippen LogP contribution in [0.5, 0.6) is 5.75 Å². The molecule has 0 aliphatic heterocycles. The Balaban J connectivity index is 2.22. The number of allylic oxidation sites excluding steroid dienone is 3. The second-order valence-corrected chi connectivity index (χ2v) is 6.06. The van der Waals surface area contributed by atoms with Gasteiger partial charge in [0.05, 0.1) is 12.8 Å². The number of carbonyl (C=O) groups excluding carboxylic acids is 1. The number of para-hydroxylation sites is 2. The Kier molecular flexibility index (Phi) is 8.46. The standard InChI is InChI=1S/C22H24ClNO3/c1-3-18(12-9-15-23)27-21-14-8-7-13-19(21)24-20(22(25)26-2)16-17-10-5-4-6-11-17/h3-14,20,24H,15-16H2,1-2H3/b12-9-,18-3+/t20-/m0/s1. The van der Waals surface area contributed by atoms with Gasteiger partial charge in [-0.3, -0.25) is 0 Å². The third kappa shape index (κ3) is 6.50. The Labute approximate surface area is 165 Å². The molecule has 0 radical (unpaired) electrons. The first-order valence-corrected chi connectivity index (χ1v) is 9.25. The third-order valence-corrected chi connectivity index (χ3v) is 4.05. The Bertz CT molecular complexity index is 787. The van der Waals surface area contributed by atoms with E-state index in [9.17, 15) is 4.79 Å². The molecule has 0 aliphatic carbocycles. The van der Waals surface area contributed by atoms with E-state index in [1.165, 1.54) is 7.11 Å². The second-order valence-electron chi connectivity index (χ2n) is 5.76. The van der Waals surface area contributed by atoms with E-state index >= 15 is 0 Å². The molecule has 2 aromatic rings. The maximum atomic E-state index is 12.3. The summed E-state index contributed by atoms with van der Waals surface area (Å²) in [6.45, 7) is 1.89. The Morgan fingerprint density at radius 3 is 2.52 bits per heavy atom. The van der Waals surface area contributed by atoms with Gasteiger partial charge in [-0.25, -0.2) is 4.79 Å². The topological polar surface area (TPSA) is 47.6 Å². The van der Waals surface area contributed by atoms with Gasteiger partial charge >= 0.3 is 5.97 Å². The van der Waals surface area contributed by atoms with Crippen LogP contribution in [0.4, 0.5) is 5.69 Å². The maximum absolute atomic E-state index is 12.3. The van der Waals surface area contributed by atoms with Crippen LogP contribution < -0.4 is 10.1 Å². The highest BCUT2D eigenvalue weighted by atomic mass is 35.5. The molecule has 5 heteroatoms. The molecular weight excluding hydrogens is 362 g/mol. The van der Waals surface area contributed by atoms with Gasteiger partial charge in [-0.15, -0.1) is 11.6 Å². The molecule has 2 aromatic carbocycles. The van der Waals surface area contributed by atoms with Crippen LogP contribution in [-0.4, -0.2) is 25.0 Å². The molecule has 0 spiro atoms. The zero-order chi connectivity index (χ0) is 19.5. The van der Waals surface area contributed by atoms with E-state index in [0.29, 0.717) is 29.5 Å². The molecule has 0 amide bonds. The van der Waals surface area contributed by atoms with Crippen LogP contribution in [0.1, 0.15) is 12.5 Å².